The Balaban J connectivity index is 1.85. The highest BCUT2D eigenvalue weighted by atomic mass is 32.1. The Morgan fingerprint density at radius 3 is 2.33 bits per heavy atom. The molecule has 1 fully saturated rings. The summed E-state index contributed by atoms with van der Waals surface area (Å²) in [5.41, 5.74) is 2.20. The minimum atomic E-state index is -0.723. The summed E-state index contributed by atoms with van der Waals surface area (Å²) in [5.74, 6) is -0.818. The molecule has 0 aliphatic heterocycles. The number of benzene rings is 2. The fourth-order valence-corrected chi connectivity index (χ4v) is 4.86. The normalized spacial score (nSPS) is 14.6. The quantitative estimate of drug-likeness (QED) is 0.376. The zero-order valence-corrected chi connectivity index (χ0v) is 20.1. The van der Waals surface area contributed by atoms with Crippen molar-refractivity contribution in [3.05, 3.63) is 70.9 Å². The smallest absolute Gasteiger partial charge is 0.340 e. The van der Waals surface area contributed by atoms with E-state index in [0.717, 1.165) is 28.0 Å². The number of carbonyl (C=O) groups is 2. The molecule has 1 heterocycles. The summed E-state index contributed by atoms with van der Waals surface area (Å²) < 4.78 is 25.2. The van der Waals surface area contributed by atoms with Gasteiger partial charge in [0.05, 0.1) is 22.5 Å². The summed E-state index contributed by atoms with van der Waals surface area (Å²) >= 11 is 0.898. The molecule has 0 atom stereocenters. The van der Waals surface area contributed by atoms with E-state index in [1.807, 2.05) is 48.5 Å². The van der Waals surface area contributed by atoms with Crippen LogP contribution in [0.25, 0.3) is 21.6 Å². The molecule has 2 aromatic carbocycles. The number of hydrogen-bond donors (Lipinski definition) is 0. The SMILES string of the molecule is CCOC(=O)C1(c2cc(-c3sc(F)cc3C(=O)OC(C)(C)C)ccc2-c2ccccc2)CC1. The highest BCUT2D eigenvalue weighted by Gasteiger charge is 2.54. The molecule has 0 spiro atoms. The highest BCUT2D eigenvalue weighted by Crippen LogP contribution is 2.53. The number of rotatable bonds is 6. The number of ether oxygens (including phenoxy) is 2. The van der Waals surface area contributed by atoms with Crippen molar-refractivity contribution in [1.29, 1.82) is 0 Å². The van der Waals surface area contributed by atoms with Crippen molar-refractivity contribution in [2.45, 2.75) is 51.6 Å². The number of hydrogen-bond acceptors (Lipinski definition) is 5. The predicted molar refractivity (Wildman–Crippen MR) is 128 cm³/mol. The molecule has 1 aliphatic carbocycles. The maximum atomic E-state index is 14.3. The van der Waals surface area contributed by atoms with E-state index < -0.39 is 22.1 Å². The van der Waals surface area contributed by atoms with Gasteiger partial charge < -0.3 is 9.47 Å². The summed E-state index contributed by atoms with van der Waals surface area (Å²) in [7, 11) is 0. The third-order valence-electron chi connectivity index (χ3n) is 5.62. The number of carbonyl (C=O) groups excluding carboxylic acids is 2. The average molecular weight is 467 g/mol. The molecule has 0 bridgehead atoms. The Morgan fingerprint density at radius 2 is 1.73 bits per heavy atom. The average Bonchev–Trinajstić information content (AvgIpc) is 3.49. The van der Waals surface area contributed by atoms with Crippen molar-refractivity contribution >= 4 is 23.3 Å². The van der Waals surface area contributed by atoms with Crippen LogP contribution in [0.2, 0.25) is 0 Å². The lowest BCUT2D eigenvalue weighted by molar-refractivity contribution is -0.146. The molecule has 6 heteroatoms. The molecule has 33 heavy (non-hydrogen) atoms. The molecule has 3 aromatic rings. The van der Waals surface area contributed by atoms with Gasteiger partial charge in [-0.2, -0.15) is 4.39 Å². The third-order valence-corrected chi connectivity index (χ3v) is 6.59. The Hall–Kier alpha value is -2.99. The molecule has 4 nitrogen and oxygen atoms in total. The van der Waals surface area contributed by atoms with E-state index in [4.69, 9.17) is 9.47 Å². The molecule has 1 aromatic heterocycles. The molecular formula is C27H27FO4S. The van der Waals surface area contributed by atoms with Gasteiger partial charge in [0, 0.05) is 6.07 Å². The maximum absolute atomic E-state index is 14.3. The monoisotopic (exact) mass is 466 g/mol. The van der Waals surface area contributed by atoms with Crippen molar-refractivity contribution < 1.29 is 23.5 Å². The topological polar surface area (TPSA) is 52.6 Å². The third kappa shape index (κ3) is 4.71. The van der Waals surface area contributed by atoms with Gasteiger partial charge in [-0.1, -0.05) is 42.5 Å². The van der Waals surface area contributed by atoms with Crippen LogP contribution in [-0.2, 0) is 19.7 Å². The van der Waals surface area contributed by atoms with E-state index in [1.165, 1.54) is 6.07 Å². The van der Waals surface area contributed by atoms with Crippen LogP contribution in [0.5, 0.6) is 0 Å². The van der Waals surface area contributed by atoms with Gasteiger partial charge in [0.15, 0.2) is 5.13 Å². The number of thiophene rings is 1. The van der Waals surface area contributed by atoms with Gasteiger partial charge in [-0.25, -0.2) is 4.79 Å². The van der Waals surface area contributed by atoms with Crippen LogP contribution in [0.1, 0.15) is 56.5 Å². The molecule has 1 aliphatic rings. The molecular weight excluding hydrogens is 439 g/mol. The van der Waals surface area contributed by atoms with E-state index in [-0.39, 0.29) is 11.5 Å². The van der Waals surface area contributed by atoms with Gasteiger partial charge in [0.25, 0.3) is 0 Å². The fraction of sp³-hybridized carbons (Fsp3) is 0.333. The molecule has 0 saturated heterocycles. The fourth-order valence-electron chi connectivity index (χ4n) is 3.99. The van der Waals surface area contributed by atoms with E-state index in [0.29, 0.717) is 29.9 Å². The number of halogens is 1. The Kier molecular flexibility index (Phi) is 6.14. The predicted octanol–water partition coefficient (Wildman–Crippen LogP) is 6.77. The molecule has 0 radical (unpaired) electrons. The largest absolute Gasteiger partial charge is 0.465 e. The summed E-state index contributed by atoms with van der Waals surface area (Å²) in [5, 5.41) is -0.467. The molecule has 0 unspecified atom stereocenters. The lowest BCUT2D eigenvalue weighted by Crippen LogP contribution is -2.24. The van der Waals surface area contributed by atoms with E-state index in [1.54, 1.807) is 27.7 Å². The first-order valence-corrected chi connectivity index (χ1v) is 11.9. The summed E-state index contributed by atoms with van der Waals surface area (Å²) in [4.78, 5) is 26.2. The summed E-state index contributed by atoms with van der Waals surface area (Å²) in [6.45, 7) is 7.42. The van der Waals surface area contributed by atoms with Gasteiger partial charge in [-0.05, 0) is 68.9 Å². The first kappa shape index (κ1) is 23.2. The van der Waals surface area contributed by atoms with Crippen molar-refractivity contribution in [1.82, 2.24) is 0 Å². The second-order valence-electron chi connectivity index (χ2n) is 9.22. The van der Waals surface area contributed by atoms with Gasteiger partial charge in [0.2, 0.25) is 0 Å². The molecule has 0 N–H and O–H groups in total. The summed E-state index contributed by atoms with van der Waals surface area (Å²) in [6.07, 6.45) is 1.37. The van der Waals surface area contributed by atoms with Crippen LogP contribution in [0.4, 0.5) is 4.39 Å². The lowest BCUT2D eigenvalue weighted by atomic mass is 9.86. The van der Waals surface area contributed by atoms with Crippen molar-refractivity contribution in [2.24, 2.45) is 0 Å². The van der Waals surface area contributed by atoms with Gasteiger partial charge in [0.1, 0.15) is 5.60 Å². The minimum Gasteiger partial charge on any atom is -0.465 e. The van der Waals surface area contributed by atoms with Crippen LogP contribution < -0.4 is 0 Å². The van der Waals surface area contributed by atoms with Crippen LogP contribution in [0, 0.1) is 5.13 Å². The minimum absolute atomic E-state index is 0.187. The van der Waals surface area contributed by atoms with Gasteiger partial charge >= 0.3 is 11.9 Å². The Morgan fingerprint density at radius 1 is 1.03 bits per heavy atom. The number of esters is 2. The van der Waals surface area contributed by atoms with E-state index >= 15 is 0 Å². The van der Waals surface area contributed by atoms with Gasteiger partial charge in [-0.15, -0.1) is 11.3 Å². The van der Waals surface area contributed by atoms with Crippen LogP contribution in [0.15, 0.2) is 54.6 Å². The second kappa shape index (κ2) is 8.75. The van der Waals surface area contributed by atoms with E-state index in [9.17, 15) is 14.0 Å². The standard InChI is InChI=1S/C27H27FO4S/c1-5-31-25(30)27(13-14-27)21-15-18(11-12-19(21)17-9-7-6-8-10-17)23-20(16-22(28)33-23)24(29)32-26(2,3)4/h6-12,15-16H,5,13-14H2,1-4H3. The van der Waals surface area contributed by atoms with Crippen LogP contribution in [0.3, 0.4) is 0 Å². The first-order chi connectivity index (χ1) is 15.6. The van der Waals surface area contributed by atoms with Crippen molar-refractivity contribution in [3.8, 4) is 21.6 Å². The van der Waals surface area contributed by atoms with E-state index in [2.05, 4.69) is 0 Å². The maximum Gasteiger partial charge on any atom is 0.340 e. The zero-order valence-electron chi connectivity index (χ0n) is 19.2. The Bertz CT molecular complexity index is 1190. The van der Waals surface area contributed by atoms with Crippen molar-refractivity contribution in [3.63, 3.8) is 0 Å². The molecule has 0 amide bonds. The molecule has 172 valence electrons. The molecule has 4 rings (SSSR count). The Labute approximate surface area is 197 Å². The first-order valence-electron chi connectivity index (χ1n) is 11.0. The second-order valence-corrected chi connectivity index (χ2v) is 10.2. The lowest BCUT2D eigenvalue weighted by Gasteiger charge is -2.21. The van der Waals surface area contributed by atoms with Crippen LogP contribution in [-0.4, -0.2) is 24.1 Å². The molecule has 1 saturated carbocycles. The van der Waals surface area contributed by atoms with Gasteiger partial charge in [-0.3, -0.25) is 4.79 Å². The summed E-state index contributed by atoms with van der Waals surface area (Å²) in [6, 6.07) is 16.8. The van der Waals surface area contributed by atoms with Crippen molar-refractivity contribution in [2.75, 3.05) is 6.61 Å². The zero-order chi connectivity index (χ0) is 23.8. The highest BCUT2D eigenvalue weighted by molar-refractivity contribution is 7.14. The van der Waals surface area contributed by atoms with Crippen LogP contribution >= 0.6 is 11.3 Å².